The Bertz CT molecular complexity index is 977. The van der Waals surface area contributed by atoms with Crippen LogP contribution in [0.3, 0.4) is 0 Å². The molecule has 0 aliphatic rings. The highest BCUT2D eigenvalue weighted by molar-refractivity contribution is 9.11. The van der Waals surface area contributed by atoms with Crippen LogP contribution >= 0.6 is 44.1 Å². The molecule has 0 fully saturated rings. The van der Waals surface area contributed by atoms with Crippen molar-refractivity contribution in [2.24, 2.45) is 0 Å². The van der Waals surface area contributed by atoms with Crippen LogP contribution in [-0.4, -0.2) is 29.2 Å². The lowest BCUT2D eigenvalue weighted by Gasteiger charge is -2.12. The van der Waals surface area contributed by atoms with E-state index in [1.165, 1.54) is 19.3 Å². The third-order valence-corrected chi connectivity index (χ3v) is 4.96. The van der Waals surface area contributed by atoms with Gasteiger partial charge in [-0.25, -0.2) is 4.79 Å². The predicted molar refractivity (Wildman–Crippen MR) is 120 cm³/mol. The van der Waals surface area contributed by atoms with E-state index in [1.807, 2.05) is 12.1 Å². The fourth-order valence-corrected chi connectivity index (χ4v) is 4.03. The van der Waals surface area contributed by atoms with Crippen molar-refractivity contribution >= 4 is 72.8 Å². The highest BCUT2D eigenvalue weighted by Gasteiger charge is 2.12. The average Bonchev–Trinajstić information content (AvgIpc) is 2.61. The van der Waals surface area contributed by atoms with Crippen LogP contribution in [0.4, 0.5) is 5.69 Å². The van der Waals surface area contributed by atoms with E-state index in [0.717, 1.165) is 8.95 Å². The summed E-state index contributed by atoms with van der Waals surface area (Å²) in [6.45, 7) is 1.66. The minimum atomic E-state index is -1.03. The van der Waals surface area contributed by atoms with E-state index in [9.17, 15) is 14.7 Å². The van der Waals surface area contributed by atoms with E-state index in [4.69, 9.17) is 17.0 Å². The van der Waals surface area contributed by atoms with Gasteiger partial charge in [-0.15, -0.1) is 0 Å². The van der Waals surface area contributed by atoms with Gasteiger partial charge in [-0.1, -0.05) is 22.0 Å². The Balaban J connectivity index is 2.08. The first kappa shape index (κ1) is 22.1. The molecule has 6 nitrogen and oxygen atoms in total. The number of carboxylic acid groups (broad SMARTS) is 1. The summed E-state index contributed by atoms with van der Waals surface area (Å²) in [5.74, 6) is -0.884. The van der Waals surface area contributed by atoms with Crippen molar-refractivity contribution in [1.29, 1.82) is 0 Å². The Morgan fingerprint density at radius 1 is 1.25 bits per heavy atom. The first-order valence-electron chi connectivity index (χ1n) is 7.89. The van der Waals surface area contributed by atoms with Gasteiger partial charge in [-0.3, -0.25) is 10.1 Å². The van der Waals surface area contributed by atoms with Crippen molar-refractivity contribution in [3.05, 3.63) is 62.0 Å². The maximum Gasteiger partial charge on any atom is 0.336 e. The van der Waals surface area contributed by atoms with Crippen molar-refractivity contribution in [2.45, 2.75) is 6.92 Å². The van der Waals surface area contributed by atoms with Gasteiger partial charge in [0.15, 0.2) is 5.11 Å². The molecule has 0 radical (unpaired) electrons. The molecule has 0 aliphatic heterocycles. The Hall–Kier alpha value is -2.23. The van der Waals surface area contributed by atoms with E-state index in [0.29, 0.717) is 22.6 Å². The van der Waals surface area contributed by atoms with Crippen molar-refractivity contribution in [3.63, 3.8) is 0 Å². The van der Waals surface area contributed by atoms with E-state index < -0.39 is 11.9 Å². The number of anilines is 1. The number of halogens is 2. The predicted octanol–water partition coefficient (Wildman–Crippen LogP) is 4.75. The number of ether oxygens (including phenoxy) is 1. The summed E-state index contributed by atoms with van der Waals surface area (Å²) in [5, 5.41) is 14.6. The molecule has 0 aromatic heterocycles. The Kier molecular flexibility index (Phi) is 7.73. The number of methoxy groups -OCH3 is 1. The molecule has 0 bridgehead atoms. The summed E-state index contributed by atoms with van der Waals surface area (Å²) in [4.78, 5) is 23.4. The minimum absolute atomic E-state index is 0.0580. The number of carbonyl (C=O) groups is 2. The standard InChI is InChI=1S/C19H16Br2N2O4S/c1-10-13(18(25)26)4-3-5-15(10)22-19(28)23-16(24)7-6-11-8-12(20)9-14(21)17(11)27-2/h3-9H,1-2H3,(H,25,26)(H2,22,23,24,28). The Morgan fingerprint density at radius 3 is 2.61 bits per heavy atom. The number of thiocarbonyl (C=S) groups is 1. The molecule has 2 aromatic carbocycles. The second-order valence-electron chi connectivity index (χ2n) is 5.57. The van der Waals surface area contributed by atoms with Crippen LogP contribution in [0.5, 0.6) is 5.75 Å². The number of amides is 1. The van der Waals surface area contributed by atoms with Crippen molar-refractivity contribution in [1.82, 2.24) is 5.32 Å². The number of hydrogen-bond acceptors (Lipinski definition) is 4. The zero-order valence-electron chi connectivity index (χ0n) is 14.9. The van der Waals surface area contributed by atoms with Gasteiger partial charge in [0.2, 0.25) is 5.91 Å². The molecular weight excluding hydrogens is 512 g/mol. The van der Waals surface area contributed by atoms with E-state index in [1.54, 1.807) is 25.1 Å². The highest BCUT2D eigenvalue weighted by Crippen LogP contribution is 2.33. The summed E-state index contributed by atoms with van der Waals surface area (Å²) in [7, 11) is 1.54. The SMILES string of the molecule is COc1c(Br)cc(Br)cc1C=CC(=O)NC(=S)Nc1cccc(C(=O)O)c1C. The molecule has 9 heteroatoms. The van der Waals surface area contributed by atoms with Crippen molar-refractivity contribution in [3.8, 4) is 5.75 Å². The van der Waals surface area contributed by atoms with Crippen LogP contribution in [0.15, 0.2) is 45.4 Å². The topological polar surface area (TPSA) is 87.7 Å². The first-order chi connectivity index (χ1) is 13.2. The monoisotopic (exact) mass is 526 g/mol. The zero-order valence-corrected chi connectivity index (χ0v) is 18.9. The summed E-state index contributed by atoms with van der Waals surface area (Å²) >= 11 is 11.9. The van der Waals surface area contributed by atoms with Gasteiger partial charge in [0.05, 0.1) is 17.1 Å². The Morgan fingerprint density at radius 2 is 1.96 bits per heavy atom. The summed E-state index contributed by atoms with van der Waals surface area (Å²) in [6.07, 6.45) is 2.92. The maximum atomic E-state index is 12.2. The van der Waals surface area contributed by atoms with Gasteiger partial charge in [0, 0.05) is 21.8 Å². The van der Waals surface area contributed by atoms with Crippen LogP contribution < -0.4 is 15.4 Å². The van der Waals surface area contributed by atoms with E-state index >= 15 is 0 Å². The summed E-state index contributed by atoms with van der Waals surface area (Å²) in [5.41, 5.74) is 1.88. The molecule has 2 rings (SSSR count). The molecule has 3 N–H and O–H groups in total. The molecule has 146 valence electrons. The number of carboxylic acids is 1. The number of nitrogens with one attached hydrogen (secondary N) is 2. The third-order valence-electron chi connectivity index (χ3n) is 3.70. The van der Waals surface area contributed by atoms with Gasteiger partial charge >= 0.3 is 5.97 Å². The lowest BCUT2D eigenvalue weighted by Crippen LogP contribution is -2.33. The summed E-state index contributed by atoms with van der Waals surface area (Å²) in [6, 6.07) is 8.42. The third kappa shape index (κ3) is 5.63. The molecule has 28 heavy (non-hydrogen) atoms. The first-order valence-corrected chi connectivity index (χ1v) is 9.88. The van der Waals surface area contributed by atoms with Gasteiger partial charge in [0.1, 0.15) is 5.75 Å². The van der Waals surface area contributed by atoms with Gasteiger partial charge in [-0.2, -0.15) is 0 Å². The second-order valence-corrected chi connectivity index (χ2v) is 7.75. The van der Waals surface area contributed by atoms with Crippen molar-refractivity contribution < 1.29 is 19.4 Å². The van der Waals surface area contributed by atoms with Crippen LogP contribution in [0.2, 0.25) is 0 Å². The highest BCUT2D eigenvalue weighted by atomic mass is 79.9. The van der Waals surface area contributed by atoms with Crippen LogP contribution in [0.1, 0.15) is 21.5 Å². The molecule has 2 aromatic rings. The van der Waals surface area contributed by atoms with Crippen LogP contribution in [0.25, 0.3) is 6.08 Å². The van der Waals surface area contributed by atoms with E-state index in [-0.39, 0.29) is 10.7 Å². The summed E-state index contributed by atoms with van der Waals surface area (Å²) < 4.78 is 6.90. The maximum absolute atomic E-state index is 12.2. The van der Waals surface area contributed by atoms with Crippen molar-refractivity contribution in [2.75, 3.05) is 12.4 Å². The lowest BCUT2D eigenvalue weighted by atomic mass is 10.1. The number of carbonyl (C=O) groups excluding carboxylic acids is 1. The number of rotatable bonds is 5. The zero-order chi connectivity index (χ0) is 20.8. The molecule has 0 saturated heterocycles. The van der Waals surface area contributed by atoms with Crippen LogP contribution in [0, 0.1) is 6.92 Å². The van der Waals surface area contributed by atoms with Gasteiger partial charge in [-0.05, 0) is 71.0 Å². The molecule has 0 unspecified atom stereocenters. The largest absolute Gasteiger partial charge is 0.495 e. The molecule has 0 spiro atoms. The lowest BCUT2D eigenvalue weighted by molar-refractivity contribution is -0.115. The fraction of sp³-hybridized carbons (Fsp3) is 0.105. The van der Waals surface area contributed by atoms with E-state index in [2.05, 4.69) is 42.5 Å². The number of aromatic carboxylic acids is 1. The van der Waals surface area contributed by atoms with Crippen LogP contribution in [-0.2, 0) is 4.79 Å². The number of hydrogen-bond donors (Lipinski definition) is 3. The minimum Gasteiger partial charge on any atom is -0.495 e. The average molecular weight is 528 g/mol. The molecule has 0 heterocycles. The second kappa shape index (κ2) is 9.81. The molecule has 0 saturated carbocycles. The van der Waals surface area contributed by atoms with Gasteiger partial charge in [0.25, 0.3) is 0 Å². The Labute approximate surface area is 184 Å². The molecule has 1 amide bonds. The molecule has 0 atom stereocenters. The fourth-order valence-electron chi connectivity index (χ4n) is 2.39. The molecular formula is C19H16Br2N2O4S. The smallest absolute Gasteiger partial charge is 0.336 e. The number of benzene rings is 2. The molecule has 0 aliphatic carbocycles. The van der Waals surface area contributed by atoms with Gasteiger partial charge < -0.3 is 15.2 Å². The normalized spacial score (nSPS) is 10.6. The quantitative estimate of drug-likeness (QED) is 0.384.